The van der Waals surface area contributed by atoms with Crippen molar-refractivity contribution in [3.8, 4) is 0 Å². The molecule has 0 aliphatic carbocycles. The minimum absolute atomic E-state index is 0.250. The maximum atomic E-state index is 11.5. The third kappa shape index (κ3) is 4.21. The molecule has 0 fully saturated rings. The van der Waals surface area contributed by atoms with E-state index in [0.29, 0.717) is 42.2 Å². The fourth-order valence-corrected chi connectivity index (χ4v) is 1.85. The standard InChI is InChI=1S/C13H21N7O2/c1-13(2,3)22-12(21)16-6-4-5-7-17-9(14)8-10(18-7)20-11(15)19-8/h4-6H2,1-3H3,(H,16,21)(H5,14,15,17,18,19,20). The van der Waals surface area contributed by atoms with Crippen LogP contribution >= 0.6 is 0 Å². The van der Waals surface area contributed by atoms with Gasteiger partial charge in [0.2, 0.25) is 0 Å². The van der Waals surface area contributed by atoms with Gasteiger partial charge < -0.3 is 26.5 Å². The van der Waals surface area contributed by atoms with Gasteiger partial charge in [-0.25, -0.2) is 14.8 Å². The van der Waals surface area contributed by atoms with Crippen LogP contribution in [0.4, 0.5) is 16.6 Å². The van der Waals surface area contributed by atoms with E-state index >= 15 is 0 Å². The van der Waals surface area contributed by atoms with E-state index in [0.717, 1.165) is 0 Å². The number of alkyl carbamates (subject to hydrolysis) is 1. The Labute approximate surface area is 127 Å². The van der Waals surface area contributed by atoms with Gasteiger partial charge in [0.05, 0.1) is 0 Å². The number of carbonyl (C=O) groups excluding carboxylic acids is 1. The molecular formula is C13H21N7O2. The van der Waals surface area contributed by atoms with Crippen LogP contribution < -0.4 is 16.8 Å². The largest absolute Gasteiger partial charge is 0.444 e. The molecule has 6 N–H and O–H groups in total. The highest BCUT2D eigenvalue weighted by Crippen LogP contribution is 2.16. The highest BCUT2D eigenvalue weighted by Gasteiger charge is 2.15. The van der Waals surface area contributed by atoms with Crippen molar-refractivity contribution in [3.05, 3.63) is 5.82 Å². The number of hydrogen-bond acceptors (Lipinski definition) is 7. The average Bonchev–Trinajstić information content (AvgIpc) is 2.74. The Kier molecular flexibility index (Phi) is 4.34. The highest BCUT2D eigenvalue weighted by molar-refractivity contribution is 5.82. The molecule has 120 valence electrons. The molecule has 0 bridgehead atoms. The number of nitrogens with zero attached hydrogens (tertiary/aromatic N) is 3. The summed E-state index contributed by atoms with van der Waals surface area (Å²) in [6.45, 7) is 5.90. The van der Waals surface area contributed by atoms with Crippen LogP contribution in [-0.4, -0.2) is 38.2 Å². The second kappa shape index (κ2) is 6.04. The normalized spacial score (nSPS) is 11.6. The first kappa shape index (κ1) is 15.8. The lowest BCUT2D eigenvalue weighted by atomic mass is 10.2. The van der Waals surface area contributed by atoms with Crippen LogP contribution in [-0.2, 0) is 11.2 Å². The van der Waals surface area contributed by atoms with Gasteiger partial charge in [-0.1, -0.05) is 0 Å². The first-order chi connectivity index (χ1) is 10.2. The van der Waals surface area contributed by atoms with Crippen LogP contribution in [0.25, 0.3) is 11.2 Å². The van der Waals surface area contributed by atoms with Crippen LogP contribution in [0.2, 0.25) is 0 Å². The monoisotopic (exact) mass is 307 g/mol. The fraction of sp³-hybridized carbons (Fsp3) is 0.538. The number of ether oxygens (including phenoxy) is 1. The molecule has 0 saturated heterocycles. The molecule has 22 heavy (non-hydrogen) atoms. The van der Waals surface area contributed by atoms with Gasteiger partial charge in [0.1, 0.15) is 16.9 Å². The van der Waals surface area contributed by atoms with Gasteiger partial charge >= 0.3 is 6.09 Å². The van der Waals surface area contributed by atoms with Crippen molar-refractivity contribution in [2.24, 2.45) is 0 Å². The number of nitrogens with one attached hydrogen (secondary N) is 2. The summed E-state index contributed by atoms with van der Waals surface area (Å²) in [5, 5.41) is 2.68. The van der Waals surface area contributed by atoms with Crippen LogP contribution in [0.1, 0.15) is 33.0 Å². The van der Waals surface area contributed by atoms with E-state index in [1.807, 2.05) is 20.8 Å². The number of aryl methyl sites for hydroxylation is 1. The summed E-state index contributed by atoms with van der Waals surface area (Å²) in [6.07, 6.45) is 0.774. The van der Waals surface area contributed by atoms with E-state index in [9.17, 15) is 4.79 Å². The topological polar surface area (TPSA) is 145 Å². The van der Waals surface area contributed by atoms with Gasteiger partial charge in [0, 0.05) is 13.0 Å². The second-order valence-electron chi connectivity index (χ2n) is 5.88. The van der Waals surface area contributed by atoms with Gasteiger partial charge in [0.15, 0.2) is 17.4 Å². The van der Waals surface area contributed by atoms with Crippen molar-refractivity contribution in [2.75, 3.05) is 18.0 Å². The molecule has 9 heteroatoms. The zero-order chi connectivity index (χ0) is 16.3. The van der Waals surface area contributed by atoms with E-state index in [1.54, 1.807) is 0 Å². The maximum Gasteiger partial charge on any atom is 0.407 e. The van der Waals surface area contributed by atoms with Crippen molar-refractivity contribution in [1.29, 1.82) is 0 Å². The molecule has 0 aromatic carbocycles. The lowest BCUT2D eigenvalue weighted by Gasteiger charge is -2.19. The number of hydrogen-bond donors (Lipinski definition) is 4. The molecule has 0 aliphatic rings. The molecule has 0 unspecified atom stereocenters. The Morgan fingerprint density at radius 2 is 2.00 bits per heavy atom. The Bertz CT molecular complexity index is 675. The molecular weight excluding hydrogens is 286 g/mol. The number of imidazole rings is 1. The number of nitrogen functional groups attached to an aromatic ring is 2. The van der Waals surface area contributed by atoms with Crippen molar-refractivity contribution in [3.63, 3.8) is 0 Å². The zero-order valence-electron chi connectivity index (χ0n) is 12.9. The number of carbonyl (C=O) groups is 1. The zero-order valence-corrected chi connectivity index (χ0v) is 12.9. The Morgan fingerprint density at radius 3 is 2.68 bits per heavy atom. The number of H-pyrrole nitrogens is 1. The van der Waals surface area contributed by atoms with Gasteiger partial charge in [-0.3, -0.25) is 0 Å². The predicted octanol–water partition coefficient (Wildman–Crippen LogP) is 0.975. The number of nitrogens with two attached hydrogens (primary N) is 2. The minimum Gasteiger partial charge on any atom is -0.444 e. The Hall–Kier alpha value is -2.58. The molecule has 0 radical (unpaired) electrons. The van der Waals surface area contributed by atoms with Crippen LogP contribution in [0, 0.1) is 0 Å². The van der Waals surface area contributed by atoms with Gasteiger partial charge in [-0.2, -0.15) is 4.98 Å². The molecule has 2 aromatic heterocycles. The molecule has 0 atom stereocenters. The summed E-state index contributed by atoms with van der Waals surface area (Å²) in [4.78, 5) is 26.8. The molecule has 2 rings (SSSR count). The molecule has 2 heterocycles. The third-order valence-electron chi connectivity index (χ3n) is 2.69. The molecule has 0 spiro atoms. The fourth-order valence-electron chi connectivity index (χ4n) is 1.85. The summed E-state index contributed by atoms with van der Waals surface area (Å²) >= 11 is 0. The lowest BCUT2D eigenvalue weighted by Crippen LogP contribution is -2.33. The van der Waals surface area contributed by atoms with Crippen molar-refractivity contribution < 1.29 is 9.53 Å². The lowest BCUT2D eigenvalue weighted by molar-refractivity contribution is 0.0527. The Balaban J connectivity index is 1.86. The number of aromatic nitrogens is 4. The molecule has 1 amide bonds. The molecule has 0 aliphatic heterocycles. The number of rotatable bonds is 4. The van der Waals surface area contributed by atoms with Crippen molar-refractivity contribution in [2.45, 2.75) is 39.2 Å². The smallest absolute Gasteiger partial charge is 0.407 e. The minimum atomic E-state index is -0.507. The predicted molar refractivity (Wildman–Crippen MR) is 83.1 cm³/mol. The van der Waals surface area contributed by atoms with Gasteiger partial charge in [-0.15, -0.1) is 0 Å². The number of anilines is 2. The van der Waals surface area contributed by atoms with Crippen molar-refractivity contribution in [1.82, 2.24) is 25.3 Å². The summed E-state index contributed by atoms with van der Waals surface area (Å²) in [7, 11) is 0. The third-order valence-corrected chi connectivity index (χ3v) is 2.69. The highest BCUT2D eigenvalue weighted by atomic mass is 16.6. The van der Waals surface area contributed by atoms with Gasteiger partial charge in [-0.05, 0) is 27.2 Å². The van der Waals surface area contributed by atoms with E-state index in [1.165, 1.54) is 0 Å². The summed E-state index contributed by atoms with van der Waals surface area (Å²) in [6, 6.07) is 0. The first-order valence-electron chi connectivity index (χ1n) is 6.99. The van der Waals surface area contributed by atoms with E-state index in [-0.39, 0.29) is 5.95 Å². The first-order valence-corrected chi connectivity index (χ1v) is 6.99. The number of fused-ring (bicyclic) bond motifs is 1. The van der Waals surface area contributed by atoms with E-state index in [4.69, 9.17) is 16.2 Å². The number of amides is 1. The van der Waals surface area contributed by atoms with Gasteiger partial charge in [0.25, 0.3) is 0 Å². The van der Waals surface area contributed by atoms with Crippen LogP contribution in [0.5, 0.6) is 0 Å². The Morgan fingerprint density at radius 1 is 1.27 bits per heavy atom. The number of aromatic amines is 1. The van der Waals surface area contributed by atoms with E-state index < -0.39 is 11.7 Å². The summed E-state index contributed by atoms with van der Waals surface area (Å²) in [5.74, 6) is 1.12. The second-order valence-corrected chi connectivity index (χ2v) is 5.88. The quantitative estimate of drug-likeness (QED) is 0.616. The maximum absolute atomic E-state index is 11.5. The van der Waals surface area contributed by atoms with Crippen LogP contribution in [0.3, 0.4) is 0 Å². The van der Waals surface area contributed by atoms with Crippen molar-refractivity contribution >= 4 is 29.0 Å². The SMILES string of the molecule is CC(C)(C)OC(=O)NCCCc1nc(N)c2[nH]c(N)nc2n1. The van der Waals surface area contributed by atoms with E-state index in [2.05, 4.69) is 25.3 Å². The summed E-state index contributed by atoms with van der Waals surface area (Å²) in [5.41, 5.74) is 11.9. The molecule has 0 saturated carbocycles. The molecule has 2 aromatic rings. The molecule has 9 nitrogen and oxygen atoms in total. The van der Waals surface area contributed by atoms with Crippen LogP contribution in [0.15, 0.2) is 0 Å². The average molecular weight is 307 g/mol. The summed E-state index contributed by atoms with van der Waals surface area (Å²) < 4.78 is 5.14.